The van der Waals surface area contributed by atoms with Gasteiger partial charge in [0.15, 0.2) is 0 Å². The van der Waals surface area contributed by atoms with E-state index in [1.54, 1.807) is 6.20 Å². The number of carbonyl (C=O) groups is 2. The van der Waals surface area contributed by atoms with Crippen LogP contribution in [0.25, 0.3) is 17.2 Å². The molecule has 1 aromatic rings. The lowest BCUT2D eigenvalue weighted by Crippen LogP contribution is -2.44. The van der Waals surface area contributed by atoms with E-state index in [4.69, 9.17) is 5.11 Å². The Labute approximate surface area is 167 Å². The maximum atomic E-state index is 13.1. The van der Waals surface area contributed by atoms with Crippen LogP contribution in [0, 0.1) is 0 Å². The highest BCUT2D eigenvalue weighted by Gasteiger charge is 2.26. The van der Waals surface area contributed by atoms with Crippen molar-refractivity contribution in [3.05, 3.63) is 71.2 Å². The first-order valence-electron chi connectivity index (χ1n) is 9.32. The monoisotopic (exact) mass is 391 g/mol. The summed E-state index contributed by atoms with van der Waals surface area (Å²) in [5, 5.41) is 24.7. The van der Waals surface area contributed by atoms with Gasteiger partial charge in [0.2, 0.25) is 0 Å². The zero-order valence-electron chi connectivity index (χ0n) is 15.6. The quantitative estimate of drug-likeness (QED) is 0.441. The van der Waals surface area contributed by atoms with Gasteiger partial charge in [-0.25, -0.2) is 4.79 Å². The molecule has 8 heteroatoms. The highest BCUT2D eigenvalue weighted by atomic mass is 16.4. The number of nitrogens with zero attached hydrogens (tertiary/aromatic N) is 1. The molecule has 1 aliphatic carbocycles. The molecule has 8 nitrogen and oxygen atoms in total. The van der Waals surface area contributed by atoms with Crippen LogP contribution in [0.15, 0.2) is 48.8 Å². The van der Waals surface area contributed by atoms with Crippen molar-refractivity contribution in [2.45, 2.75) is 19.0 Å². The molecule has 29 heavy (non-hydrogen) atoms. The molecule has 0 radical (unpaired) electrons. The van der Waals surface area contributed by atoms with Crippen molar-refractivity contribution in [2.24, 2.45) is 0 Å². The Kier molecular flexibility index (Phi) is 5.15. The standard InChI is InChI=1S/C21H21N5O3/c27-20(25-15(11-23-21(28)29)8-13-4-2-1-3-5-13)16-9-14-10-24-26-18-6-7-22-12-17(16)19(14)18/h1-7,9-10,15,22-24H,8,11-12H2,(H,25,27)(H,28,29)/t15-/m0/s1. The molecule has 2 heterocycles. The second-order valence-electron chi connectivity index (χ2n) is 6.90. The summed E-state index contributed by atoms with van der Waals surface area (Å²) in [6.07, 6.45) is 4.84. The van der Waals surface area contributed by atoms with E-state index in [9.17, 15) is 9.59 Å². The molecule has 0 fully saturated rings. The van der Waals surface area contributed by atoms with E-state index in [-0.39, 0.29) is 18.5 Å². The van der Waals surface area contributed by atoms with Crippen LogP contribution in [-0.4, -0.2) is 39.9 Å². The Morgan fingerprint density at radius 3 is 2.86 bits per heavy atom. The summed E-state index contributed by atoms with van der Waals surface area (Å²) >= 11 is 0. The molecular weight excluding hydrogens is 370 g/mol. The minimum absolute atomic E-state index is 0.117. The maximum Gasteiger partial charge on any atom is 0.404 e. The smallest absolute Gasteiger partial charge is 0.404 e. The fourth-order valence-electron chi connectivity index (χ4n) is 3.62. The number of H-pyrrole nitrogens is 1. The Hall–Kier alpha value is -3.81. The second kappa shape index (κ2) is 8.05. The van der Waals surface area contributed by atoms with Crippen molar-refractivity contribution in [2.75, 3.05) is 6.54 Å². The third kappa shape index (κ3) is 4.06. The Morgan fingerprint density at radius 1 is 1.24 bits per heavy atom. The summed E-state index contributed by atoms with van der Waals surface area (Å²) in [6, 6.07) is 11.1. The zero-order chi connectivity index (χ0) is 20.2. The second-order valence-corrected chi connectivity index (χ2v) is 6.90. The van der Waals surface area contributed by atoms with Gasteiger partial charge in [-0.1, -0.05) is 30.3 Å². The average molecular weight is 391 g/mol. The molecular formula is C21H21N5O3. The minimum Gasteiger partial charge on any atom is -0.465 e. The number of benzene rings is 1. The van der Waals surface area contributed by atoms with Gasteiger partial charge in [0.25, 0.3) is 5.91 Å². The highest BCUT2D eigenvalue weighted by Crippen LogP contribution is 2.35. The van der Waals surface area contributed by atoms with Gasteiger partial charge in [-0.15, -0.1) is 0 Å². The molecule has 0 saturated heterocycles. The topological polar surface area (TPSA) is 119 Å². The largest absolute Gasteiger partial charge is 0.465 e. The molecule has 3 aliphatic rings. The van der Waals surface area contributed by atoms with Gasteiger partial charge < -0.3 is 21.1 Å². The maximum absolute atomic E-state index is 13.1. The first kappa shape index (κ1) is 18.5. The summed E-state index contributed by atoms with van der Waals surface area (Å²) in [7, 11) is 0. The first-order valence-corrected chi connectivity index (χ1v) is 9.32. The van der Waals surface area contributed by atoms with Crippen molar-refractivity contribution in [1.29, 1.82) is 0 Å². The molecule has 0 saturated carbocycles. The lowest BCUT2D eigenvalue weighted by molar-refractivity contribution is 0.0934. The number of rotatable bonds is 6. The lowest BCUT2D eigenvalue weighted by atomic mass is 10.0. The predicted molar refractivity (Wildman–Crippen MR) is 109 cm³/mol. The minimum atomic E-state index is -1.12. The Balaban J connectivity index is 1.60. The molecule has 0 spiro atoms. The summed E-state index contributed by atoms with van der Waals surface area (Å²) in [6.45, 7) is 0.629. The summed E-state index contributed by atoms with van der Waals surface area (Å²) in [5.41, 5.74) is 5.08. The van der Waals surface area contributed by atoms with E-state index < -0.39 is 6.09 Å². The van der Waals surface area contributed by atoms with E-state index in [0.29, 0.717) is 18.5 Å². The van der Waals surface area contributed by atoms with Crippen LogP contribution in [0.4, 0.5) is 4.79 Å². The van der Waals surface area contributed by atoms with Crippen LogP contribution in [0.1, 0.15) is 27.2 Å². The molecule has 4 rings (SSSR count). The van der Waals surface area contributed by atoms with Crippen LogP contribution in [0.5, 0.6) is 0 Å². The van der Waals surface area contributed by atoms with Gasteiger partial charge in [0.05, 0.1) is 11.7 Å². The fourth-order valence-corrected chi connectivity index (χ4v) is 3.62. The number of amides is 2. The third-order valence-electron chi connectivity index (χ3n) is 4.92. The summed E-state index contributed by atoms with van der Waals surface area (Å²) in [5.74, 6) is -0.237. The molecule has 148 valence electrons. The Morgan fingerprint density at radius 2 is 2.07 bits per heavy atom. The van der Waals surface area contributed by atoms with E-state index >= 15 is 0 Å². The number of hydrogen-bond acceptors (Lipinski definition) is 4. The molecule has 2 amide bonds. The van der Waals surface area contributed by atoms with Gasteiger partial charge in [-0.05, 0) is 35.9 Å². The molecule has 0 aromatic heterocycles. The molecule has 1 atom stereocenters. The fraction of sp³-hybridized carbons (Fsp3) is 0.190. The normalized spacial score (nSPS) is 13.4. The Bertz CT molecular complexity index is 1030. The predicted octanol–water partition coefficient (Wildman–Crippen LogP) is 2.20. The number of hydrogen-bond donors (Lipinski definition) is 5. The lowest BCUT2D eigenvalue weighted by Gasteiger charge is -2.19. The zero-order valence-corrected chi connectivity index (χ0v) is 15.6. The highest BCUT2D eigenvalue weighted by molar-refractivity contribution is 6.01. The van der Waals surface area contributed by atoms with Gasteiger partial charge >= 0.3 is 6.09 Å². The molecule has 5 N–H and O–H groups in total. The van der Waals surface area contributed by atoms with Crippen LogP contribution in [0.3, 0.4) is 0 Å². The molecule has 2 aliphatic heterocycles. The summed E-state index contributed by atoms with van der Waals surface area (Å²) in [4.78, 5) is 24.1. The van der Waals surface area contributed by atoms with E-state index in [1.807, 2.05) is 48.7 Å². The van der Waals surface area contributed by atoms with E-state index in [0.717, 1.165) is 27.9 Å². The van der Waals surface area contributed by atoms with Crippen molar-refractivity contribution >= 4 is 18.1 Å². The van der Waals surface area contributed by atoms with Crippen molar-refractivity contribution in [3.8, 4) is 11.1 Å². The van der Waals surface area contributed by atoms with Crippen molar-refractivity contribution in [1.82, 2.24) is 26.1 Å². The summed E-state index contributed by atoms with van der Waals surface area (Å²) < 4.78 is 0. The molecule has 0 bridgehead atoms. The number of carboxylic acid groups (broad SMARTS) is 1. The SMILES string of the molecule is O=C(O)NC[C@H](Cc1ccccc1)NC(=O)c1cc2c[nH]nc3c-2c1CNC=C3. The van der Waals surface area contributed by atoms with Gasteiger partial charge in [0.1, 0.15) is 0 Å². The van der Waals surface area contributed by atoms with E-state index in [2.05, 4.69) is 26.1 Å². The molecule has 0 unspecified atom stereocenters. The number of carbonyl (C=O) groups excluding carboxylic acids is 1. The number of aromatic nitrogens is 2. The van der Waals surface area contributed by atoms with Gasteiger partial charge in [-0.3, -0.25) is 9.89 Å². The first-order chi connectivity index (χ1) is 14.1. The average Bonchev–Trinajstić information content (AvgIpc) is 2.95. The number of aromatic amines is 1. The molecule has 1 aromatic carbocycles. The van der Waals surface area contributed by atoms with Crippen LogP contribution in [-0.2, 0) is 13.0 Å². The van der Waals surface area contributed by atoms with Gasteiger partial charge in [-0.2, -0.15) is 5.10 Å². The van der Waals surface area contributed by atoms with Crippen molar-refractivity contribution in [3.63, 3.8) is 0 Å². The third-order valence-corrected chi connectivity index (χ3v) is 4.92. The van der Waals surface area contributed by atoms with Gasteiger partial charge in [0, 0.05) is 36.0 Å². The van der Waals surface area contributed by atoms with Crippen LogP contribution >= 0.6 is 0 Å². The van der Waals surface area contributed by atoms with Crippen LogP contribution in [0.2, 0.25) is 0 Å². The van der Waals surface area contributed by atoms with Crippen LogP contribution < -0.4 is 16.0 Å². The van der Waals surface area contributed by atoms with Crippen molar-refractivity contribution < 1.29 is 14.7 Å². The van der Waals surface area contributed by atoms with E-state index in [1.165, 1.54) is 0 Å². The number of nitrogens with one attached hydrogen (secondary N) is 4.